The van der Waals surface area contributed by atoms with Crippen LogP contribution in [0.1, 0.15) is 24.2 Å². The number of halogens is 1. The molecule has 0 saturated heterocycles. The van der Waals surface area contributed by atoms with Gasteiger partial charge in [-0.05, 0) is 24.6 Å². The van der Waals surface area contributed by atoms with Gasteiger partial charge >= 0.3 is 0 Å². The maximum absolute atomic E-state index is 14.0. The average Bonchev–Trinajstić information content (AvgIpc) is 2.89. The zero-order valence-electron chi connectivity index (χ0n) is 12.0. The highest BCUT2D eigenvalue weighted by molar-refractivity contribution is 5.77. The van der Waals surface area contributed by atoms with Crippen LogP contribution in [0.15, 0.2) is 48.5 Å². The Bertz CT molecular complexity index is 749. The lowest BCUT2D eigenvalue weighted by Gasteiger charge is -2.16. The number of para-hydroxylation sites is 1. The predicted octanol–water partition coefficient (Wildman–Crippen LogP) is 3.29. The normalized spacial score (nSPS) is 12.7. The predicted molar refractivity (Wildman–Crippen MR) is 82.7 cm³/mol. The number of nitrogens with two attached hydrogens (primary N) is 1. The molecule has 3 rings (SSSR count). The van der Waals surface area contributed by atoms with Gasteiger partial charge in [-0.15, -0.1) is 0 Å². The Balaban J connectivity index is 2.21. The van der Waals surface area contributed by atoms with E-state index in [4.69, 9.17) is 5.73 Å². The van der Waals surface area contributed by atoms with E-state index in [2.05, 4.69) is 4.98 Å². The van der Waals surface area contributed by atoms with Crippen LogP contribution >= 0.6 is 0 Å². The van der Waals surface area contributed by atoms with Gasteiger partial charge in [-0.25, -0.2) is 9.37 Å². The molecule has 3 nitrogen and oxygen atoms in total. The molecule has 0 aliphatic carbocycles. The van der Waals surface area contributed by atoms with Crippen LogP contribution in [0, 0.1) is 5.82 Å². The standard InChI is InChI=1S/C17H18FN3/c1-2-21-15-10-6-9-14(18)16(15)20-17(21)13(11-19)12-7-4-3-5-8-12/h3-10,13H,2,11,19H2,1H3. The Morgan fingerprint density at radius 2 is 1.90 bits per heavy atom. The minimum Gasteiger partial charge on any atom is -0.329 e. The molecule has 0 aliphatic rings. The van der Waals surface area contributed by atoms with Gasteiger partial charge in [0.15, 0.2) is 5.82 Å². The van der Waals surface area contributed by atoms with Gasteiger partial charge in [-0.1, -0.05) is 36.4 Å². The number of rotatable bonds is 4. The van der Waals surface area contributed by atoms with Gasteiger partial charge in [-0.3, -0.25) is 0 Å². The van der Waals surface area contributed by atoms with Crippen molar-refractivity contribution in [3.05, 3.63) is 65.7 Å². The first-order valence-corrected chi connectivity index (χ1v) is 7.16. The van der Waals surface area contributed by atoms with Crippen LogP contribution in [0.2, 0.25) is 0 Å². The Hall–Kier alpha value is -2.20. The molecule has 21 heavy (non-hydrogen) atoms. The molecule has 0 spiro atoms. The summed E-state index contributed by atoms with van der Waals surface area (Å²) in [6.07, 6.45) is 0. The molecule has 0 amide bonds. The quantitative estimate of drug-likeness (QED) is 0.798. The fraction of sp³-hybridized carbons (Fsp3) is 0.235. The van der Waals surface area contributed by atoms with Crippen LogP contribution in [0.25, 0.3) is 11.0 Å². The molecule has 1 unspecified atom stereocenters. The topological polar surface area (TPSA) is 43.8 Å². The van der Waals surface area contributed by atoms with E-state index in [0.29, 0.717) is 12.1 Å². The molecule has 1 aromatic heterocycles. The van der Waals surface area contributed by atoms with E-state index >= 15 is 0 Å². The van der Waals surface area contributed by atoms with Crippen LogP contribution < -0.4 is 5.73 Å². The molecule has 0 radical (unpaired) electrons. The number of fused-ring (bicyclic) bond motifs is 1. The monoisotopic (exact) mass is 283 g/mol. The minimum absolute atomic E-state index is 0.0297. The van der Waals surface area contributed by atoms with E-state index in [1.165, 1.54) is 6.07 Å². The molecule has 1 heterocycles. The summed E-state index contributed by atoms with van der Waals surface area (Å²) in [5.41, 5.74) is 8.32. The van der Waals surface area contributed by atoms with Gasteiger partial charge in [0.1, 0.15) is 11.3 Å². The largest absolute Gasteiger partial charge is 0.329 e. The highest BCUT2D eigenvalue weighted by atomic mass is 19.1. The molecule has 3 aromatic rings. The molecule has 4 heteroatoms. The van der Waals surface area contributed by atoms with Gasteiger partial charge < -0.3 is 10.3 Å². The molecule has 0 fully saturated rings. The van der Waals surface area contributed by atoms with Crippen molar-refractivity contribution < 1.29 is 4.39 Å². The third-order valence-electron chi connectivity index (χ3n) is 3.82. The van der Waals surface area contributed by atoms with Crippen LogP contribution in [0.4, 0.5) is 4.39 Å². The van der Waals surface area contributed by atoms with E-state index in [1.54, 1.807) is 6.07 Å². The third kappa shape index (κ3) is 2.32. The first kappa shape index (κ1) is 13.8. The minimum atomic E-state index is -0.287. The highest BCUT2D eigenvalue weighted by Crippen LogP contribution is 2.28. The molecular formula is C17H18FN3. The smallest absolute Gasteiger partial charge is 0.151 e. The van der Waals surface area contributed by atoms with Crippen LogP contribution in [0.5, 0.6) is 0 Å². The van der Waals surface area contributed by atoms with Gasteiger partial charge in [-0.2, -0.15) is 0 Å². The number of nitrogens with zero attached hydrogens (tertiary/aromatic N) is 2. The Morgan fingerprint density at radius 3 is 2.57 bits per heavy atom. The van der Waals surface area contributed by atoms with Crippen LogP contribution in [0.3, 0.4) is 0 Å². The van der Waals surface area contributed by atoms with Crippen LogP contribution in [-0.2, 0) is 6.54 Å². The number of hydrogen-bond donors (Lipinski definition) is 1. The van der Waals surface area contributed by atoms with E-state index < -0.39 is 0 Å². The van der Waals surface area contributed by atoms with Crippen molar-refractivity contribution in [3.63, 3.8) is 0 Å². The van der Waals surface area contributed by atoms with E-state index in [1.807, 2.05) is 47.9 Å². The number of aromatic nitrogens is 2. The first-order valence-electron chi connectivity index (χ1n) is 7.16. The summed E-state index contributed by atoms with van der Waals surface area (Å²) in [5, 5.41) is 0. The van der Waals surface area contributed by atoms with Crippen molar-refractivity contribution in [3.8, 4) is 0 Å². The van der Waals surface area contributed by atoms with Crippen molar-refractivity contribution in [1.82, 2.24) is 9.55 Å². The molecule has 0 bridgehead atoms. The van der Waals surface area contributed by atoms with E-state index in [0.717, 1.165) is 23.4 Å². The average molecular weight is 283 g/mol. The third-order valence-corrected chi connectivity index (χ3v) is 3.82. The van der Waals surface area contributed by atoms with Gasteiger partial charge in [0.2, 0.25) is 0 Å². The summed E-state index contributed by atoms with van der Waals surface area (Å²) in [6.45, 7) is 3.21. The lowest BCUT2D eigenvalue weighted by molar-refractivity contribution is 0.636. The maximum atomic E-state index is 14.0. The zero-order chi connectivity index (χ0) is 14.8. The fourth-order valence-electron chi connectivity index (χ4n) is 2.81. The first-order chi connectivity index (χ1) is 10.3. The number of aryl methyl sites for hydroxylation is 1. The van der Waals surface area contributed by atoms with Gasteiger partial charge in [0.05, 0.1) is 11.4 Å². The second-order valence-corrected chi connectivity index (χ2v) is 5.02. The highest BCUT2D eigenvalue weighted by Gasteiger charge is 2.21. The van der Waals surface area contributed by atoms with Crippen molar-refractivity contribution >= 4 is 11.0 Å². The second-order valence-electron chi connectivity index (χ2n) is 5.02. The van der Waals surface area contributed by atoms with Crippen LogP contribution in [-0.4, -0.2) is 16.1 Å². The summed E-state index contributed by atoms with van der Waals surface area (Å²) in [5.74, 6) is 0.508. The second kappa shape index (κ2) is 5.66. The molecule has 2 aromatic carbocycles. The fourth-order valence-corrected chi connectivity index (χ4v) is 2.81. The summed E-state index contributed by atoms with van der Waals surface area (Å²) < 4.78 is 16.0. The molecular weight excluding hydrogens is 265 g/mol. The number of imidazole rings is 1. The molecule has 1 atom stereocenters. The van der Waals surface area contributed by atoms with Gasteiger partial charge in [0.25, 0.3) is 0 Å². The van der Waals surface area contributed by atoms with Crippen molar-refractivity contribution in [2.75, 3.05) is 6.54 Å². The summed E-state index contributed by atoms with van der Waals surface area (Å²) in [4.78, 5) is 4.54. The van der Waals surface area contributed by atoms with E-state index in [9.17, 15) is 4.39 Å². The number of benzene rings is 2. The molecule has 0 aliphatic heterocycles. The molecule has 0 saturated carbocycles. The summed E-state index contributed by atoms with van der Waals surface area (Å²) in [6, 6.07) is 15.1. The summed E-state index contributed by atoms with van der Waals surface area (Å²) in [7, 11) is 0. The number of hydrogen-bond acceptors (Lipinski definition) is 2. The lowest BCUT2D eigenvalue weighted by Crippen LogP contribution is -2.18. The Morgan fingerprint density at radius 1 is 1.14 bits per heavy atom. The van der Waals surface area contributed by atoms with Crippen molar-refractivity contribution in [2.24, 2.45) is 5.73 Å². The Labute approximate surface area is 123 Å². The van der Waals surface area contributed by atoms with Crippen molar-refractivity contribution in [2.45, 2.75) is 19.4 Å². The van der Waals surface area contributed by atoms with E-state index in [-0.39, 0.29) is 11.7 Å². The molecule has 108 valence electrons. The molecule has 2 N–H and O–H groups in total. The van der Waals surface area contributed by atoms with Gasteiger partial charge in [0, 0.05) is 13.1 Å². The zero-order valence-corrected chi connectivity index (χ0v) is 12.0. The van der Waals surface area contributed by atoms with Crippen molar-refractivity contribution in [1.29, 1.82) is 0 Å². The maximum Gasteiger partial charge on any atom is 0.151 e. The summed E-state index contributed by atoms with van der Waals surface area (Å²) >= 11 is 0. The lowest BCUT2D eigenvalue weighted by atomic mass is 9.98. The Kier molecular flexibility index (Phi) is 3.71. The SMILES string of the molecule is CCn1c(C(CN)c2ccccc2)nc2c(F)cccc21.